The first kappa shape index (κ1) is 17.4. The Morgan fingerprint density at radius 1 is 1.04 bits per heavy atom. The summed E-state index contributed by atoms with van der Waals surface area (Å²) in [6.07, 6.45) is 0. The van der Waals surface area contributed by atoms with Crippen LogP contribution in [0.4, 0.5) is 4.39 Å². The fourth-order valence-corrected chi connectivity index (χ4v) is 3.08. The lowest BCUT2D eigenvalue weighted by molar-refractivity contribution is 0.612. The lowest BCUT2D eigenvalue weighted by atomic mass is 10.0. The Morgan fingerprint density at radius 3 is 2.40 bits per heavy atom. The molecule has 130 valence electrons. The van der Waals surface area contributed by atoms with E-state index in [0.29, 0.717) is 5.92 Å². The summed E-state index contributed by atoms with van der Waals surface area (Å²) in [7, 11) is 0. The molecule has 2 aromatic carbocycles. The summed E-state index contributed by atoms with van der Waals surface area (Å²) in [5, 5.41) is 8.16. The first-order valence-electron chi connectivity index (χ1n) is 8.63. The van der Waals surface area contributed by atoms with E-state index in [2.05, 4.69) is 48.5 Å². The van der Waals surface area contributed by atoms with Crippen LogP contribution in [0.25, 0.3) is 5.69 Å². The Bertz CT molecular complexity index is 822. The largest absolute Gasteiger partial charge is 0.312 e. The van der Waals surface area contributed by atoms with Crippen LogP contribution >= 0.6 is 0 Å². The highest BCUT2D eigenvalue weighted by Gasteiger charge is 2.13. The van der Waals surface area contributed by atoms with Gasteiger partial charge in [0.15, 0.2) is 0 Å². The van der Waals surface area contributed by atoms with E-state index in [1.165, 1.54) is 23.3 Å². The lowest BCUT2D eigenvalue weighted by Gasteiger charge is -2.13. The van der Waals surface area contributed by atoms with E-state index >= 15 is 0 Å². The predicted molar refractivity (Wildman–Crippen MR) is 99.6 cm³/mol. The first-order chi connectivity index (χ1) is 12.1. The quantitative estimate of drug-likeness (QED) is 0.716. The molecule has 0 amide bonds. The zero-order chi connectivity index (χ0) is 17.8. The van der Waals surface area contributed by atoms with Crippen LogP contribution < -0.4 is 5.32 Å². The van der Waals surface area contributed by atoms with E-state index in [4.69, 9.17) is 0 Å². The van der Waals surface area contributed by atoms with Gasteiger partial charge in [0.25, 0.3) is 0 Å². The molecule has 0 aliphatic rings. The molecule has 0 saturated heterocycles. The normalized spacial score (nSPS) is 12.3. The van der Waals surface area contributed by atoms with Gasteiger partial charge in [0, 0.05) is 24.3 Å². The van der Waals surface area contributed by atoms with E-state index in [-0.39, 0.29) is 5.82 Å². The Labute approximate surface area is 148 Å². The van der Waals surface area contributed by atoms with Crippen LogP contribution in [-0.4, -0.2) is 16.3 Å². The summed E-state index contributed by atoms with van der Waals surface area (Å²) in [5.41, 5.74) is 5.51. The highest BCUT2D eigenvalue weighted by atomic mass is 19.1. The number of benzene rings is 2. The van der Waals surface area contributed by atoms with Gasteiger partial charge in [-0.3, -0.25) is 0 Å². The van der Waals surface area contributed by atoms with E-state index in [1.54, 1.807) is 12.1 Å². The number of nitrogens with zero attached hydrogens (tertiary/aromatic N) is 2. The Balaban J connectivity index is 1.68. The van der Waals surface area contributed by atoms with Crippen LogP contribution in [-0.2, 0) is 6.54 Å². The van der Waals surface area contributed by atoms with Crippen LogP contribution in [0.2, 0.25) is 0 Å². The van der Waals surface area contributed by atoms with Gasteiger partial charge in [-0.25, -0.2) is 9.07 Å². The molecule has 0 saturated carbocycles. The topological polar surface area (TPSA) is 29.9 Å². The molecule has 0 fully saturated rings. The highest BCUT2D eigenvalue weighted by molar-refractivity contribution is 5.37. The van der Waals surface area contributed by atoms with Crippen molar-refractivity contribution in [2.45, 2.75) is 33.2 Å². The fourth-order valence-electron chi connectivity index (χ4n) is 3.08. The van der Waals surface area contributed by atoms with Crippen molar-refractivity contribution in [1.29, 1.82) is 0 Å². The Morgan fingerprint density at radius 2 is 1.72 bits per heavy atom. The molecule has 3 aromatic rings. The number of hydrogen-bond donors (Lipinski definition) is 1. The standard InChI is InChI=1S/C21H24FN3/c1-15(18-7-5-4-6-8-18)13-23-14-21-16(2)24-25(17(21)3)20-11-9-19(22)10-12-20/h4-12,15,23H,13-14H2,1-3H3/t15-/m1/s1. The number of hydrogen-bond acceptors (Lipinski definition) is 2. The summed E-state index contributed by atoms with van der Waals surface area (Å²) in [6.45, 7) is 7.98. The smallest absolute Gasteiger partial charge is 0.123 e. The minimum Gasteiger partial charge on any atom is -0.312 e. The average Bonchev–Trinajstić information content (AvgIpc) is 2.91. The van der Waals surface area contributed by atoms with Crippen molar-refractivity contribution in [2.75, 3.05) is 6.54 Å². The molecule has 0 spiro atoms. The van der Waals surface area contributed by atoms with E-state index in [9.17, 15) is 4.39 Å². The second kappa shape index (κ2) is 7.62. The van der Waals surface area contributed by atoms with Crippen molar-refractivity contribution in [3.8, 4) is 5.69 Å². The van der Waals surface area contributed by atoms with Crippen molar-refractivity contribution in [3.63, 3.8) is 0 Å². The van der Waals surface area contributed by atoms with Gasteiger partial charge in [-0.05, 0) is 49.6 Å². The molecular formula is C21H24FN3. The van der Waals surface area contributed by atoms with Crippen LogP contribution in [0.5, 0.6) is 0 Å². The van der Waals surface area contributed by atoms with Crippen LogP contribution in [0.15, 0.2) is 54.6 Å². The van der Waals surface area contributed by atoms with E-state index < -0.39 is 0 Å². The molecule has 1 atom stereocenters. The molecule has 0 bridgehead atoms. The molecule has 3 nitrogen and oxygen atoms in total. The minimum atomic E-state index is -0.234. The summed E-state index contributed by atoms with van der Waals surface area (Å²) in [4.78, 5) is 0. The number of aryl methyl sites for hydroxylation is 1. The van der Waals surface area contributed by atoms with Crippen LogP contribution in [0.1, 0.15) is 35.4 Å². The van der Waals surface area contributed by atoms with Crippen LogP contribution in [0.3, 0.4) is 0 Å². The Hall–Kier alpha value is -2.46. The fraction of sp³-hybridized carbons (Fsp3) is 0.286. The van der Waals surface area contributed by atoms with Gasteiger partial charge in [-0.2, -0.15) is 5.10 Å². The molecule has 0 aliphatic carbocycles. The third kappa shape index (κ3) is 3.97. The first-order valence-corrected chi connectivity index (χ1v) is 8.63. The molecule has 4 heteroatoms. The SMILES string of the molecule is Cc1nn(-c2ccc(F)cc2)c(C)c1CNC[C@@H](C)c1ccccc1. The van der Waals surface area contributed by atoms with Crippen molar-refractivity contribution in [2.24, 2.45) is 0 Å². The summed E-state index contributed by atoms with van der Waals surface area (Å²) < 4.78 is 15.0. The van der Waals surface area contributed by atoms with Gasteiger partial charge >= 0.3 is 0 Å². The Kier molecular flexibility index (Phi) is 5.29. The van der Waals surface area contributed by atoms with Crippen molar-refractivity contribution in [3.05, 3.63) is 82.9 Å². The molecule has 1 N–H and O–H groups in total. The molecule has 1 aromatic heterocycles. The molecule has 1 heterocycles. The maximum Gasteiger partial charge on any atom is 0.123 e. The van der Waals surface area contributed by atoms with Gasteiger partial charge in [0.2, 0.25) is 0 Å². The second-order valence-corrected chi connectivity index (χ2v) is 6.48. The number of nitrogens with one attached hydrogen (secondary N) is 1. The molecular weight excluding hydrogens is 313 g/mol. The maximum absolute atomic E-state index is 13.1. The van der Waals surface area contributed by atoms with Crippen molar-refractivity contribution < 1.29 is 4.39 Å². The molecule has 0 radical (unpaired) electrons. The van der Waals surface area contributed by atoms with Crippen molar-refractivity contribution >= 4 is 0 Å². The second-order valence-electron chi connectivity index (χ2n) is 6.48. The number of aromatic nitrogens is 2. The zero-order valence-corrected chi connectivity index (χ0v) is 15.0. The number of rotatable bonds is 6. The van der Waals surface area contributed by atoms with Gasteiger partial charge in [-0.15, -0.1) is 0 Å². The predicted octanol–water partition coefficient (Wildman–Crippen LogP) is 4.52. The maximum atomic E-state index is 13.1. The van der Waals surface area contributed by atoms with Gasteiger partial charge in [0.05, 0.1) is 11.4 Å². The molecule has 3 rings (SSSR count). The molecule has 0 aliphatic heterocycles. The zero-order valence-electron chi connectivity index (χ0n) is 15.0. The summed E-state index contributed by atoms with van der Waals surface area (Å²) in [5.74, 6) is 0.219. The van der Waals surface area contributed by atoms with Gasteiger partial charge in [-0.1, -0.05) is 37.3 Å². The monoisotopic (exact) mass is 337 g/mol. The summed E-state index contributed by atoms with van der Waals surface area (Å²) >= 11 is 0. The third-order valence-electron chi connectivity index (χ3n) is 4.63. The molecule has 0 unspecified atom stereocenters. The van der Waals surface area contributed by atoms with Gasteiger partial charge < -0.3 is 5.32 Å². The van der Waals surface area contributed by atoms with E-state index in [1.807, 2.05) is 17.7 Å². The van der Waals surface area contributed by atoms with Crippen LogP contribution in [0, 0.1) is 19.7 Å². The molecule has 25 heavy (non-hydrogen) atoms. The van der Waals surface area contributed by atoms with Gasteiger partial charge in [0.1, 0.15) is 5.82 Å². The highest BCUT2D eigenvalue weighted by Crippen LogP contribution is 2.19. The average molecular weight is 337 g/mol. The third-order valence-corrected chi connectivity index (χ3v) is 4.63. The number of halogens is 1. The minimum absolute atomic E-state index is 0.234. The van der Waals surface area contributed by atoms with E-state index in [0.717, 1.165) is 30.2 Å². The summed E-state index contributed by atoms with van der Waals surface area (Å²) in [6, 6.07) is 17.0. The lowest BCUT2D eigenvalue weighted by Crippen LogP contribution is -2.20. The van der Waals surface area contributed by atoms with Crippen molar-refractivity contribution in [1.82, 2.24) is 15.1 Å².